The molecular weight excluding hydrogens is 332 g/mol. The Kier molecular flexibility index (Phi) is 4.89. The van der Waals surface area contributed by atoms with Gasteiger partial charge in [-0.05, 0) is 49.3 Å². The van der Waals surface area contributed by atoms with Gasteiger partial charge in [-0.15, -0.1) is 0 Å². The molecule has 116 valence electrons. The van der Waals surface area contributed by atoms with Crippen molar-refractivity contribution in [2.45, 2.75) is 37.3 Å². The second kappa shape index (κ2) is 6.53. The van der Waals surface area contributed by atoms with Crippen molar-refractivity contribution in [3.05, 3.63) is 28.0 Å². The Labute approximate surface area is 138 Å². The van der Waals surface area contributed by atoms with E-state index in [1.54, 1.807) is 0 Å². The van der Waals surface area contributed by atoms with E-state index in [1.807, 2.05) is 11.8 Å². The fourth-order valence-electron chi connectivity index (χ4n) is 3.13. The molecule has 1 aromatic rings. The number of thioether (sulfide) groups is 1. The van der Waals surface area contributed by atoms with Crippen LogP contribution < -0.4 is 5.32 Å². The predicted molar refractivity (Wildman–Crippen MR) is 88.3 cm³/mol. The summed E-state index contributed by atoms with van der Waals surface area (Å²) < 4.78 is 19.3. The van der Waals surface area contributed by atoms with E-state index in [-0.39, 0.29) is 11.6 Å². The van der Waals surface area contributed by atoms with E-state index in [4.69, 9.17) is 27.9 Å². The highest BCUT2D eigenvalue weighted by molar-refractivity contribution is 7.99. The molecule has 1 aromatic carbocycles. The van der Waals surface area contributed by atoms with Crippen molar-refractivity contribution in [2.75, 3.05) is 23.4 Å². The van der Waals surface area contributed by atoms with Crippen molar-refractivity contribution >= 4 is 40.7 Å². The van der Waals surface area contributed by atoms with Crippen molar-refractivity contribution in [1.29, 1.82) is 0 Å². The minimum absolute atomic E-state index is 0.000148. The Bertz CT molecular complexity index is 494. The van der Waals surface area contributed by atoms with Crippen molar-refractivity contribution in [2.24, 2.45) is 0 Å². The van der Waals surface area contributed by atoms with Crippen LogP contribution in [0.5, 0.6) is 0 Å². The number of rotatable bonds is 2. The molecule has 0 aromatic heterocycles. The van der Waals surface area contributed by atoms with Gasteiger partial charge in [0.15, 0.2) is 0 Å². The number of ether oxygens (including phenoxy) is 1. The van der Waals surface area contributed by atoms with Gasteiger partial charge in [0.25, 0.3) is 0 Å². The summed E-state index contributed by atoms with van der Waals surface area (Å²) in [6, 6.07) is 2.85. The first-order chi connectivity index (χ1) is 10.1. The summed E-state index contributed by atoms with van der Waals surface area (Å²) >= 11 is 14.2. The van der Waals surface area contributed by atoms with Crippen LogP contribution >= 0.6 is 35.0 Å². The zero-order valence-corrected chi connectivity index (χ0v) is 14.0. The van der Waals surface area contributed by atoms with Gasteiger partial charge in [0.1, 0.15) is 5.82 Å². The Morgan fingerprint density at radius 1 is 1.24 bits per heavy atom. The minimum atomic E-state index is -0.414. The van der Waals surface area contributed by atoms with Crippen molar-refractivity contribution < 1.29 is 9.13 Å². The van der Waals surface area contributed by atoms with E-state index >= 15 is 0 Å². The molecule has 0 bridgehead atoms. The minimum Gasteiger partial charge on any atom is -0.380 e. The SMILES string of the molecule is Fc1cc(Cl)c(NC2CCOC3(CCSCC3)C2)c(Cl)c1. The first kappa shape index (κ1) is 15.7. The summed E-state index contributed by atoms with van der Waals surface area (Å²) in [4.78, 5) is 0. The lowest BCUT2D eigenvalue weighted by atomic mass is 9.85. The maximum Gasteiger partial charge on any atom is 0.126 e. The molecule has 2 aliphatic heterocycles. The first-order valence-corrected chi connectivity index (χ1v) is 9.12. The van der Waals surface area contributed by atoms with Gasteiger partial charge >= 0.3 is 0 Å². The molecule has 1 unspecified atom stereocenters. The van der Waals surface area contributed by atoms with Crippen LogP contribution in [0.2, 0.25) is 10.0 Å². The Morgan fingerprint density at radius 3 is 2.57 bits per heavy atom. The average molecular weight is 350 g/mol. The first-order valence-electron chi connectivity index (χ1n) is 7.21. The lowest BCUT2D eigenvalue weighted by Gasteiger charge is -2.43. The van der Waals surface area contributed by atoms with Gasteiger partial charge in [-0.25, -0.2) is 4.39 Å². The fourth-order valence-corrected chi connectivity index (χ4v) is 4.93. The number of nitrogens with one attached hydrogen (secondary N) is 1. The Balaban J connectivity index is 1.73. The van der Waals surface area contributed by atoms with Crippen LogP contribution in [0, 0.1) is 5.82 Å². The standard InChI is InChI=1S/C15H18Cl2FNOS/c16-12-7-10(18)8-13(17)14(12)19-11-1-4-20-15(9-11)2-5-21-6-3-15/h7-8,11,19H,1-6,9H2. The molecule has 0 radical (unpaired) electrons. The van der Waals surface area contributed by atoms with Gasteiger partial charge in [0, 0.05) is 12.6 Å². The van der Waals surface area contributed by atoms with Crippen LogP contribution in [0.1, 0.15) is 25.7 Å². The van der Waals surface area contributed by atoms with Gasteiger partial charge < -0.3 is 10.1 Å². The molecule has 6 heteroatoms. The zero-order chi connectivity index (χ0) is 14.9. The molecule has 0 saturated carbocycles. The van der Waals surface area contributed by atoms with Gasteiger partial charge in [-0.2, -0.15) is 11.8 Å². The molecule has 2 saturated heterocycles. The smallest absolute Gasteiger partial charge is 0.126 e. The number of hydrogen-bond donors (Lipinski definition) is 1. The third-order valence-electron chi connectivity index (χ3n) is 4.25. The molecule has 2 heterocycles. The highest BCUT2D eigenvalue weighted by atomic mass is 35.5. The lowest BCUT2D eigenvalue weighted by Crippen LogP contribution is -2.46. The van der Waals surface area contributed by atoms with E-state index < -0.39 is 5.82 Å². The number of benzene rings is 1. The molecule has 21 heavy (non-hydrogen) atoms. The molecule has 0 aliphatic carbocycles. The van der Waals surface area contributed by atoms with Crippen LogP contribution in [0.25, 0.3) is 0 Å². The topological polar surface area (TPSA) is 21.3 Å². The number of anilines is 1. The van der Waals surface area contributed by atoms with Crippen LogP contribution in [0.3, 0.4) is 0 Å². The highest BCUT2D eigenvalue weighted by Crippen LogP contribution is 2.40. The number of hydrogen-bond acceptors (Lipinski definition) is 3. The molecule has 2 nitrogen and oxygen atoms in total. The summed E-state index contributed by atoms with van der Waals surface area (Å²) in [7, 11) is 0. The van der Waals surface area contributed by atoms with E-state index in [9.17, 15) is 4.39 Å². The summed E-state index contributed by atoms with van der Waals surface area (Å²) in [5, 5.41) is 4.07. The Hall–Kier alpha value is -0.160. The maximum atomic E-state index is 13.3. The molecule has 1 N–H and O–H groups in total. The van der Waals surface area contributed by atoms with Gasteiger partial charge in [0.05, 0.1) is 21.3 Å². The molecule has 1 spiro atoms. The second-order valence-corrected chi connectivity index (χ2v) is 7.76. The van der Waals surface area contributed by atoms with E-state index in [0.717, 1.165) is 43.8 Å². The molecule has 3 rings (SSSR count). The van der Waals surface area contributed by atoms with Crippen LogP contribution in [0.15, 0.2) is 12.1 Å². The summed E-state index contributed by atoms with van der Waals surface area (Å²) in [6.07, 6.45) is 4.07. The van der Waals surface area contributed by atoms with Crippen LogP contribution in [-0.2, 0) is 4.74 Å². The monoisotopic (exact) mass is 349 g/mol. The summed E-state index contributed by atoms with van der Waals surface area (Å²) in [5.41, 5.74) is 0.632. The fraction of sp³-hybridized carbons (Fsp3) is 0.600. The predicted octanol–water partition coefficient (Wildman–Crippen LogP) is 4.99. The number of halogens is 3. The van der Waals surface area contributed by atoms with E-state index in [0.29, 0.717) is 15.7 Å². The summed E-state index contributed by atoms with van der Waals surface area (Å²) in [6.45, 7) is 0.749. The molecule has 2 fully saturated rings. The summed E-state index contributed by atoms with van der Waals surface area (Å²) in [5.74, 6) is 1.90. The lowest BCUT2D eigenvalue weighted by molar-refractivity contribution is -0.0865. The zero-order valence-electron chi connectivity index (χ0n) is 11.6. The third-order valence-corrected chi connectivity index (χ3v) is 5.83. The molecule has 1 atom stereocenters. The van der Waals surface area contributed by atoms with Gasteiger partial charge in [-0.3, -0.25) is 0 Å². The average Bonchev–Trinajstić information content (AvgIpc) is 2.44. The van der Waals surface area contributed by atoms with Crippen LogP contribution in [0.4, 0.5) is 10.1 Å². The quantitative estimate of drug-likeness (QED) is 0.812. The van der Waals surface area contributed by atoms with Gasteiger partial charge in [-0.1, -0.05) is 23.2 Å². The van der Waals surface area contributed by atoms with Crippen molar-refractivity contribution in [1.82, 2.24) is 0 Å². The maximum absolute atomic E-state index is 13.3. The van der Waals surface area contributed by atoms with Gasteiger partial charge in [0.2, 0.25) is 0 Å². The normalized spacial score (nSPS) is 25.0. The van der Waals surface area contributed by atoms with E-state index in [1.165, 1.54) is 12.1 Å². The largest absolute Gasteiger partial charge is 0.380 e. The van der Waals surface area contributed by atoms with E-state index in [2.05, 4.69) is 5.32 Å². The Morgan fingerprint density at radius 2 is 1.90 bits per heavy atom. The highest BCUT2D eigenvalue weighted by Gasteiger charge is 2.38. The second-order valence-electron chi connectivity index (χ2n) is 5.72. The third kappa shape index (κ3) is 3.61. The van der Waals surface area contributed by atoms with Crippen molar-refractivity contribution in [3.8, 4) is 0 Å². The van der Waals surface area contributed by atoms with Crippen molar-refractivity contribution in [3.63, 3.8) is 0 Å². The molecule has 2 aliphatic rings. The molecule has 0 amide bonds. The molecular formula is C15H18Cl2FNOS. The van der Waals surface area contributed by atoms with Crippen LogP contribution in [-0.4, -0.2) is 29.8 Å².